The molecule has 0 spiro atoms. The summed E-state index contributed by atoms with van der Waals surface area (Å²) in [7, 11) is 3.18. The molecule has 0 aliphatic heterocycles. The zero-order valence-corrected chi connectivity index (χ0v) is 13.5. The van der Waals surface area contributed by atoms with Crippen molar-refractivity contribution in [2.75, 3.05) is 19.5 Å². The minimum absolute atomic E-state index is 0.155. The van der Waals surface area contributed by atoms with E-state index >= 15 is 0 Å². The van der Waals surface area contributed by atoms with Crippen LogP contribution in [-0.2, 0) is 11.2 Å². The van der Waals surface area contributed by atoms with E-state index in [4.69, 9.17) is 4.74 Å². The van der Waals surface area contributed by atoms with Crippen LogP contribution in [0.3, 0.4) is 0 Å². The maximum absolute atomic E-state index is 12.1. The molecular formula is C16H18N2O3S. The topological polar surface area (TPSA) is 67.4 Å². The highest BCUT2D eigenvalue weighted by Gasteiger charge is 2.14. The van der Waals surface area contributed by atoms with Gasteiger partial charge in [-0.3, -0.25) is 9.59 Å². The van der Waals surface area contributed by atoms with Crippen LogP contribution < -0.4 is 15.4 Å². The molecule has 0 aliphatic rings. The molecule has 0 saturated heterocycles. The summed E-state index contributed by atoms with van der Waals surface area (Å²) in [6.45, 7) is 1.93. The van der Waals surface area contributed by atoms with Crippen LogP contribution in [0.1, 0.15) is 21.5 Å². The molecule has 5 nitrogen and oxygen atoms in total. The van der Waals surface area contributed by atoms with Gasteiger partial charge in [-0.1, -0.05) is 12.1 Å². The summed E-state index contributed by atoms with van der Waals surface area (Å²) in [6.07, 6.45) is 0.246. The van der Waals surface area contributed by atoms with Crippen LogP contribution in [-0.4, -0.2) is 26.0 Å². The molecule has 1 heterocycles. The fourth-order valence-corrected chi connectivity index (χ4v) is 2.93. The summed E-state index contributed by atoms with van der Waals surface area (Å²) in [5.41, 5.74) is 2.36. The van der Waals surface area contributed by atoms with Crippen LogP contribution in [0.25, 0.3) is 0 Å². The second kappa shape index (κ2) is 7.09. The van der Waals surface area contributed by atoms with E-state index in [0.717, 1.165) is 16.9 Å². The predicted octanol–water partition coefficient (Wildman–Crippen LogP) is 2.61. The molecule has 0 unspecified atom stereocenters. The normalized spacial score (nSPS) is 10.1. The number of amides is 2. The lowest BCUT2D eigenvalue weighted by Crippen LogP contribution is -2.20. The van der Waals surface area contributed by atoms with Gasteiger partial charge in [-0.2, -0.15) is 0 Å². The molecule has 2 N–H and O–H groups in total. The monoisotopic (exact) mass is 318 g/mol. The lowest BCUT2D eigenvalue weighted by atomic mass is 10.1. The van der Waals surface area contributed by atoms with Crippen molar-refractivity contribution < 1.29 is 14.3 Å². The minimum Gasteiger partial charge on any atom is -0.496 e. The summed E-state index contributed by atoms with van der Waals surface area (Å²) < 4.78 is 5.20. The number of anilines is 1. The fourth-order valence-electron chi connectivity index (χ4n) is 2.13. The van der Waals surface area contributed by atoms with Crippen LogP contribution in [0, 0.1) is 6.92 Å². The van der Waals surface area contributed by atoms with Crippen molar-refractivity contribution in [3.8, 4) is 5.75 Å². The third-order valence-corrected chi connectivity index (χ3v) is 4.04. The Morgan fingerprint density at radius 3 is 2.68 bits per heavy atom. The van der Waals surface area contributed by atoms with Gasteiger partial charge in [0.25, 0.3) is 5.91 Å². The van der Waals surface area contributed by atoms with E-state index in [1.54, 1.807) is 25.6 Å². The van der Waals surface area contributed by atoms with Gasteiger partial charge < -0.3 is 15.4 Å². The van der Waals surface area contributed by atoms with Gasteiger partial charge in [0.2, 0.25) is 5.91 Å². The van der Waals surface area contributed by atoms with Gasteiger partial charge in [0, 0.05) is 7.05 Å². The minimum atomic E-state index is -0.211. The molecule has 0 atom stereocenters. The van der Waals surface area contributed by atoms with Crippen LogP contribution in [0.2, 0.25) is 0 Å². The van der Waals surface area contributed by atoms with Crippen LogP contribution in [0.15, 0.2) is 29.6 Å². The highest BCUT2D eigenvalue weighted by Crippen LogP contribution is 2.24. The molecule has 2 aromatic rings. The standard InChI is InChI=1S/C16H18N2O3S/c1-10-8-11(4-5-13(10)21-3)9-14(19)18-16-12(6-7-22-16)15(20)17-2/h4-8H,9H2,1-3H3,(H,17,20)(H,18,19). The first kappa shape index (κ1) is 16.0. The summed E-state index contributed by atoms with van der Waals surface area (Å²) in [5, 5.41) is 7.68. The lowest BCUT2D eigenvalue weighted by molar-refractivity contribution is -0.115. The molecule has 0 radical (unpaired) electrons. The molecule has 116 valence electrons. The van der Waals surface area contributed by atoms with E-state index in [1.165, 1.54) is 11.3 Å². The Hall–Kier alpha value is -2.34. The Bertz CT molecular complexity index is 694. The number of benzene rings is 1. The molecule has 22 heavy (non-hydrogen) atoms. The number of ether oxygens (including phenoxy) is 1. The van der Waals surface area contributed by atoms with Crippen molar-refractivity contribution in [1.82, 2.24) is 5.32 Å². The molecular weight excluding hydrogens is 300 g/mol. The summed E-state index contributed by atoms with van der Waals surface area (Å²) in [4.78, 5) is 23.8. The van der Waals surface area contributed by atoms with Gasteiger partial charge in [0.1, 0.15) is 10.8 Å². The Morgan fingerprint density at radius 2 is 2.05 bits per heavy atom. The van der Waals surface area contributed by atoms with E-state index in [0.29, 0.717) is 10.6 Å². The predicted molar refractivity (Wildman–Crippen MR) is 87.8 cm³/mol. The largest absolute Gasteiger partial charge is 0.496 e. The molecule has 1 aromatic heterocycles. The highest BCUT2D eigenvalue weighted by molar-refractivity contribution is 7.14. The average Bonchev–Trinajstić information content (AvgIpc) is 2.94. The van der Waals surface area contributed by atoms with E-state index in [1.807, 2.05) is 25.1 Å². The third-order valence-electron chi connectivity index (χ3n) is 3.21. The van der Waals surface area contributed by atoms with Crippen molar-refractivity contribution in [2.45, 2.75) is 13.3 Å². The zero-order valence-electron chi connectivity index (χ0n) is 12.7. The second-order valence-corrected chi connectivity index (χ2v) is 5.69. The number of nitrogens with one attached hydrogen (secondary N) is 2. The molecule has 2 rings (SSSR count). The van der Waals surface area contributed by atoms with E-state index in [-0.39, 0.29) is 18.2 Å². The van der Waals surface area contributed by atoms with E-state index in [2.05, 4.69) is 10.6 Å². The number of carbonyl (C=O) groups excluding carboxylic acids is 2. The molecule has 2 amide bonds. The third kappa shape index (κ3) is 3.65. The summed E-state index contributed by atoms with van der Waals surface area (Å²) in [6, 6.07) is 7.32. The summed E-state index contributed by atoms with van der Waals surface area (Å²) >= 11 is 1.33. The Morgan fingerprint density at radius 1 is 1.27 bits per heavy atom. The molecule has 0 saturated carbocycles. The Kier molecular flexibility index (Phi) is 5.16. The first-order chi connectivity index (χ1) is 10.5. The van der Waals surface area contributed by atoms with E-state index in [9.17, 15) is 9.59 Å². The van der Waals surface area contributed by atoms with Gasteiger partial charge in [-0.15, -0.1) is 11.3 Å². The molecule has 0 fully saturated rings. The Labute approximate surface area is 133 Å². The van der Waals surface area contributed by atoms with Crippen molar-refractivity contribution >= 4 is 28.2 Å². The SMILES string of the molecule is CNC(=O)c1ccsc1NC(=O)Cc1ccc(OC)c(C)c1. The zero-order chi connectivity index (χ0) is 16.1. The van der Waals surface area contributed by atoms with Crippen molar-refractivity contribution in [3.05, 3.63) is 46.3 Å². The number of hydrogen-bond acceptors (Lipinski definition) is 4. The van der Waals surface area contributed by atoms with Crippen molar-refractivity contribution in [2.24, 2.45) is 0 Å². The Balaban J connectivity index is 2.06. The molecule has 6 heteroatoms. The maximum atomic E-state index is 12.1. The van der Waals surface area contributed by atoms with Crippen LogP contribution in [0.4, 0.5) is 5.00 Å². The number of hydrogen-bond donors (Lipinski definition) is 2. The number of thiophene rings is 1. The maximum Gasteiger partial charge on any atom is 0.254 e. The van der Waals surface area contributed by atoms with Gasteiger partial charge in [-0.05, 0) is 35.6 Å². The van der Waals surface area contributed by atoms with Gasteiger partial charge in [-0.25, -0.2) is 0 Å². The molecule has 1 aromatic carbocycles. The lowest BCUT2D eigenvalue weighted by Gasteiger charge is -2.08. The second-order valence-electron chi connectivity index (χ2n) is 4.77. The van der Waals surface area contributed by atoms with Crippen LogP contribution >= 0.6 is 11.3 Å². The van der Waals surface area contributed by atoms with Crippen molar-refractivity contribution in [1.29, 1.82) is 0 Å². The fraction of sp³-hybridized carbons (Fsp3) is 0.250. The number of carbonyl (C=O) groups is 2. The number of methoxy groups -OCH3 is 1. The first-order valence-corrected chi connectivity index (χ1v) is 7.66. The van der Waals surface area contributed by atoms with Crippen LogP contribution in [0.5, 0.6) is 5.75 Å². The first-order valence-electron chi connectivity index (χ1n) is 6.78. The van der Waals surface area contributed by atoms with Gasteiger partial charge in [0.15, 0.2) is 0 Å². The van der Waals surface area contributed by atoms with Gasteiger partial charge in [0.05, 0.1) is 19.1 Å². The molecule has 0 bridgehead atoms. The average molecular weight is 318 g/mol. The summed E-state index contributed by atoms with van der Waals surface area (Å²) in [5.74, 6) is 0.429. The quantitative estimate of drug-likeness (QED) is 0.890. The number of rotatable bonds is 5. The van der Waals surface area contributed by atoms with Crippen molar-refractivity contribution in [3.63, 3.8) is 0 Å². The van der Waals surface area contributed by atoms with E-state index < -0.39 is 0 Å². The smallest absolute Gasteiger partial charge is 0.254 e. The highest BCUT2D eigenvalue weighted by atomic mass is 32.1. The molecule has 0 aliphatic carbocycles. The number of aryl methyl sites for hydroxylation is 1. The van der Waals surface area contributed by atoms with Gasteiger partial charge >= 0.3 is 0 Å².